The zero-order chi connectivity index (χ0) is 18.8. The number of hydrogen-bond acceptors (Lipinski definition) is 7. The van der Waals surface area contributed by atoms with Crippen LogP contribution in [0.25, 0.3) is 0 Å². The van der Waals surface area contributed by atoms with Crippen LogP contribution in [0.3, 0.4) is 0 Å². The molecule has 2 N–H and O–H groups in total. The van der Waals surface area contributed by atoms with Crippen LogP contribution in [0.5, 0.6) is 0 Å². The summed E-state index contributed by atoms with van der Waals surface area (Å²) in [6.07, 6.45) is 7.47. The molecule has 26 heavy (non-hydrogen) atoms. The molecule has 0 amide bonds. The summed E-state index contributed by atoms with van der Waals surface area (Å²) in [5.41, 5.74) is 5.92. The van der Waals surface area contributed by atoms with E-state index in [9.17, 15) is 0 Å². The predicted molar refractivity (Wildman–Crippen MR) is 107 cm³/mol. The molecule has 0 aliphatic carbocycles. The van der Waals surface area contributed by atoms with E-state index in [0.717, 1.165) is 36.0 Å². The first kappa shape index (κ1) is 20.1. The fourth-order valence-electron chi connectivity index (χ4n) is 3.38. The first-order chi connectivity index (χ1) is 12.3. The second-order valence-corrected chi connectivity index (χ2v) is 9.16. The summed E-state index contributed by atoms with van der Waals surface area (Å²) in [6.45, 7) is 11.1. The minimum Gasteiger partial charge on any atom is -0.399 e. The number of rotatable bonds is 6. The number of aromatic nitrogens is 2. The Morgan fingerprint density at radius 3 is 2.46 bits per heavy atom. The predicted octanol–water partition coefficient (Wildman–Crippen LogP) is 1.68. The largest absolute Gasteiger partial charge is 0.498 e. The lowest BCUT2D eigenvalue weighted by Crippen LogP contribution is -2.43. The summed E-state index contributed by atoms with van der Waals surface area (Å²) in [6, 6.07) is 0.573. The Kier molecular flexibility index (Phi) is 6.29. The second kappa shape index (κ2) is 8.14. The fraction of sp³-hybridized carbons (Fsp3) is 0.778. The molecule has 0 radical (unpaired) electrons. The van der Waals surface area contributed by atoms with Gasteiger partial charge in [0.05, 0.1) is 11.2 Å². The monoisotopic (exact) mass is 378 g/mol. The van der Waals surface area contributed by atoms with Crippen LogP contribution in [0, 0.1) is 0 Å². The smallest absolute Gasteiger partial charge is 0.399 e. The summed E-state index contributed by atoms with van der Waals surface area (Å²) in [7, 11) is -0.405. The molecule has 0 saturated carbocycles. The number of nitrogens with two attached hydrogens (primary N) is 1. The molecular weight excluding hydrogens is 347 g/mol. The van der Waals surface area contributed by atoms with Crippen molar-refractivity contribution in [3.05, 3.63) is 12.4 Å². The van der Waals surface area contributed by atoms with Crippen molar-refractivity contribution in [1.82, 2.24) is 14.9 Å². The number of nitrogens with zero attached hydrogens (tertiary/aromatic N) is 3. The Balaban J connectivity index is 1.57. The molecule has 0 unspecified atom stereocenters. The first-order valence-electron chi connectivity index (χ1n) is 9.57. The van der Waals surface area contributed by atoms with Crippen molar-refractivity contribution in [2.24, 2.45) is 5.73 Å². The van der Waals surface area contributed by atoms with Gasteiger partial charge in [0.15, 0.2) is 5.16 Å². The number of thioether (sulfide) groups is 1. The van der Waals surface area contributed by atoms with Crippen LogP contribution in [-0.4, -0.2) is 64.6 Å². The Hall–Kier alpha value is -0.665. The highest BCUT2D eigenvalue weighted by atomic mass is 32.2. The zero-order valence-electron chi connectivity index (χ0n) is 16.4. The maximum absolute atomic E-state index is 6.06. The minimum absolute atomic E-state index is 0.349. The third kappa shape index (κ3) is 4.42. The molecular formula is C18H31BN4O2S. The van der Waals surface area contributed by atoms with Crippen LogP contribution in [0.4, 0.5) is 0 Å². The summed E-state index contributed by atoms with van der Waals surface area (Å²) in [5, 5.41) is 0.809. The maximum atomic E-state index is 6.06. The summed E-state index contributed by atoms with van der Waals surface area (Å²) in [4.78, 5) is 11.6. The Labute approximate surface area is 161 Å². The van der Waals surface area contributed by atoms with Gasteiger partial charge in [0.1, 0.15) is 0 Å². The molecule has 2 aliphatic rings. The van der Waals surface area contributed by atoms with Gasteiger partial charge < -0.3 is 15.0 Å². The third-order valence-corrected chi connectivity index (χ3v) is 6.76. The number of likely N-dealkylation sites (tertiary alicyclic amines) is 1. The van der Waals surface area contributed by atoms with Crippen LogP contribution >= 0.6 is 11.8 Å². The highest BCUT2D eigenvalue weighted by molar-refractivity contribution is 7.99. The van der Waals surface area contributed by atoms with Crippen molar-refractivity contribution in [3.63, 3.8) is 0 Å². The van der Waals surface area contributed by atoms with E-state index in [1.807, 2.05) is 12.4 Å². The minimum atomic E-state index is -0.405. The van der Waals surface area contributed by atoms with E-state index in [0.29, 0.717) is 6.04 Å². The van der Waals surface area contributed by atoms with Gasteiger partial charge in [0.25, 0.3) is 0 Å². The molecule has 0 spiro atoms. The van der Waals surface area contributed by atoms with Gasteiger partial charge in [0.2, 0.25) is 0 Å². The average Bonchev–Trinajstić information content (AvgIpc) is 2.82. The van der Waals surface area contributed by atoms with Gasteiger partial charge in [-0.25, -0.2) is 9.97 Å². The second-order valence-electron chi connectivity index (χ2n) is 8.17. The molecule has 3 heterocycles. The molecule has 1 atom stereocenters. The average molecular weight is 378 g/mol. The Bertz CT molecular complexity index is 581. The lowest BCUT2D eigenvalue weighted by molar-refractivity contribution is 0.00578. The summed E-state index contributed by atoms with van der Waals surface area (Å²) < 4.78 is 12.1. The first-order valence-corrected chi connectivity index (χ1v) is 10.6. The zero-order valence-corrected chi connectivity index (χ0v) is 17.2. The molecule has 1 aromatic rings. The van der Waals surface area contributed by atoms with Gasteiger partial charge in [-0.05, 0) is 47.1 Å². The molecule has 6 nitrogen and oxygen atoms in total. The van der Waals surface area contributed by atoms with E-state index in [2.05, 4.69) is 42.6 Å². The van der Waals surface area contributed by atoms with Crippen LogP contribution in [-0.2, 0) is 9.31 Å². The van der Waals surface area contributed by atoms with Gasteiger partial charge in [-0.3, -0.25) is 4.90 Å². The normalized spacial score (nSPS) is 25.6. The molecule has 0 aromatic carbocycles. The van der Waals surface area contributed by atoms with E-state index >= 15 is 0 Å². The highest BCUT2D eigenvalue weighted by Gasteiger charge is 2.51. The van der Waals surface area contributed by atoms with Crippen LogP contribution in [0.1, 0.15) is 47.0 Å². The van der Waals surface area contributed by atoms with Crippen LogP contribution in [0.2, 0.25) is 0 Å². The molecule has 0 bridgehead atoms. The van der Waals surface area contributed by atoms with Crippen LogP contribution < -0.4 is 11.2 Å². The van der Waals surface area contributed by atoms with Crippen molar-refractivity contribution in [1.29, 1.82) is 0 Å². The standard InChI is InChI=1S/C18H31BN4O2S/c1-17(2)18(3,4)25-19(24-17)14-11-21-16(22-12-14)26-13-15-7-5-6-9-23(15)10-8-20/h11-12,15H,5-10,13,20H2,1-4H3/t15-/m1/s1. The van der Waals surface area contributed by atoms with Crippen molar-refractivity contribution >= 4 is 24.3 Å². The van der Waals surface area contributed by atoms with Gasteiger partial charge in [-0.2, -0.15) is 0 Å². The Morgan fingerprint density at radius 1 is 1.19 bits per heavy atom. The van der Waals surface area contributed by atoms with E-state index in [-0.39, 0.29) is 11.2 Å². The fourth-order valence-corrected chi connectivity index (χ4v) is 4.35. The molecule has 8 heteroatoms. The molecule has 1 aromatic heterocycles. The van der Waals surface area contributed by atoms with Crippen molar-refractivity contribution in [3.8, 4) is 0 Å². The lowest BCUT2D eigenvalue weighted by atomic mass is 9.81. The third-order valence-electron chi connectivity index (χ3n) is 5.74. The maximum Gasteiger partial charge on any atom is 0.498 e. The highest BCUT2D eigenvalue weighted by Crippen LogP contribution is 2.36. The quantitative estimate of drug-likeness (QED) is 0.459. The van der Waals surface area contributed by atoms with E-state index < -0.39 is 7.12 Å². The Morgan fingerprint density at radius 2 is 1.85 bits per heavy atom. The van der Waals surface area contributed by atoms with E-state index in [4.69, 9.17) is 15.0 Å². The summed E-state index contributed by atoms with van der Waals surface area (Å²) in [5.74, 6) is 1.01. The van der Waals surface area contributed by atoms with Gasteiger partial charge in [-0.15, -0.1) is 0 Å². The molecule has 2 aliphatic heterocycles. The molecule has 144 valence electrons. The lowest BCUT2D eigenvalue weighted by Gasteiger charge is -2.35. The van der Waals surface area contributed by atoms with Crippen molar-refractivity contribution in [2.75, 3.05) is 25.4 Å². The number of hydrogen-bond donors (Lipinski definition) is 1. The molecule has 2 fully saturated rings. The van der Waals surface area contributed by atoms with Crippen LogP contribution in [0.15, 0.2) is 17.6 Å². The van der Waals surface area contributed by atoms with E-state index in [1.54, 1.807) is 11.8 Å². The van der Waals surface area contributed by atoms with Gasteiger partial charge >= 0.3 is 7.12 Å². The molecule has 2 saturated heterocycles. The number of piperidine rings is 1. The van der Waals surface area contributed by atoms with Crippen molar-refractivity contribution in [2.45, 2.75) is 69.4 Å². The van der Waals surface area contributed by atoms with Crippen molar-refractivity contribution < 1.29 is 9.31 Å². The van der Waals surface area contributed by atoms with Gasteiger partial charge in [0, 0.05) is 42.7 Å². The van der Waals surface area contributed by atoms with E-state index in [1.165, 1.54) is 19.3 Å². The SMILES string of the molecule is CC1(C)OB(c2cnc(SC[C@H]3CCCCN3CCN)nc2)OC1(C)C. The topological polar surface area (TPSA) is 73.5 Å². The summed E-state index contributed by atoms with van der Waals surface area (Å²) >= 11 is 1.72. The molecule has 3 rings (SSSR count). The van der Waals surface area contributed by atoms with Gasteiger partial charge in [-0.1, -0.05) is 18.2 Å².